The van der Waals surface area contributed by atoms with Crippen molar-refractivity contribution in [3.8, 4) is 5.75 Å². The van der Waals surface area contributed by atoms with Crippen molar-refractivity contribution in [2.24, 2.45) is 0 Å². The number of nitrogens with zero attached hydrogens (tertiary/aromatic N) is 2. The summed E-state index contributed by atoms with van der Waals surface area (Å²) in [5.41, 5.74) is -1.67. The zero-order valence-electron chi connectivity index (χ0n) is 15.2. The van der Waals surface area contributed by atoms with E-state index in [1.54, 1.807) is 6.07 Å². The molecule has 0 radical (unpaired) electrons. The molecule has 152 valence electrons. The Morgan fingerprint density at radius 2 is 1.96 bits per heavy atom. The van der Waals surface area contributed by atoms with Crippen LogP contribution in [0.4, 0.5) is 0 Å². The minimum atomic E-state index is -4.40. The fraction of sp³-hybridized carbons (Fsp3) is 0.353. The molecule has 0 saturated heterocycles. The summed E-state index contributed by atoms with van der Waals surface area (Å²) in [6, 6.07) is 7.10. The van der Waals surface area contributed by atoms with E-state index >= 15 is 0 Å². The van der Waals surface area contributed by atoms with Crippen LogP contribution < -0.4 is 9.74 Å². The Labute approximate surface area is 170 Å². The van der Waals surface area contributed by atoms with E-state index in [9.17, 15) is 23.1 Å². The number of aromatic carboxylic acids is 1. The van der Waals surface area contributed by atoms with Crippen LogP contribution in [0.15, 0.2) is 40.0 Å². The van der Waals surface area contributed by atoms with Crippen LogP contribution in [0.5, 0.6) is 5.75 Å². The number of ether oxygens (including phenoxy) is 1. The van der Waals surface area contributed by atoms with Gasteiger partial charge in [-0.05, 0) is 12.1 Å². The van der Waals surface area contributed by atoms with Gasteiger partial charge < -0.3 is 14.0 Å². The predicted molar refractivity (Wildman–Crippen MR) is 104 cm³/mol. The highest BCUT2D eigenvalue weighted by Gasteiger charge is 2.30. The topological polar surface area (TPSA) is 125 Å². The van der Waals surface area contributed by atoms with Crippen molar-refractivity contribution in [3.63, 3.8) is 0 Å². The number of carbonyl (C=O) groups is 1. The van der Waals surface area contributed by atoms with Gasteiger partial charge in [0, 0.05) is 0 Å². The van der Waals surface area contributed by atoms with E-state index in [0.29, 0.717) is 0 Å². The lowest BCUT2D eigenvalue weighted by atomic mass is 10.3. The van der Waals surface area contributed by atoms with Crippen LogP contribution in [0.2, 0.25) is 0 Å². The molecule has 1 aromatic carbocycles. The van der Waals surface area contributed by atoms with Crippen molar-refractivity contribution >= 4 is 32.0 Å². The average Bonchev–Trinajstić information content (AvgIpc) is 2.87. The smallest absolute Gasteiger partial charge is 0.358 e. The number of rotatable bonds is 4. The van der Waals surface area contributed by atoms with Gasteiger partial charge in [0.1, 0.15) is 10.7 Å². The molecule has 28 heavy (non-hydrogen) atoms. The third-order valence-electron chi connectivity index (χ3n) is 3.59. The van der Waals surface area contributed by atoms with E-state index in [1.807, 2.05) is 13.8 Å². The molecule has 9 nitrogen and oxygen atoms in total. The summed E-state index contributed by atoms with van der Waals surface area (Å²) in [5.74, 6) is -2.30. The maximum atomic E-state index is 12.7. The number of carboxylic acids is 1. The monoisotopic (exact) mass is 474 g/mol. The van der Waals surface area contributed by atoms with Gasteiger partial charge in [-0.25, -0.2) is 9.78 Å². The Hall–Kier alpha value is -2.24. The van der Waals surface area contributed by atoms with Crippen LogP contribution in [-0.2, 0) is 21.4 Å². The molecule has 0 spiro atoms. The SMILES string of the molecule is CC.O=C(O)c1nc2n(c(=O)c1OS(=O)(=O)c1ccccc1)CCOCC2Br. The van der Waals surface area contributed by atoms with Crippen LogP contribution in [0.3, 0.4) is 0 Å². The molecule has 2 aromatic rings. The van der Waals surface area contributed by atoms with Gasteiger partial charge in [-0.1, -0.05) is 48.0 Å². The predicted octanol–water partition coefficient (Wildman–Crippen LogP) is 2.20. The Kier molecular flexibility index (Phi) is 7.33. The highest BCUT2D eigenvalue weighted by Crippen LogP contribution is 2.26. The molecule has 1 aliphatic heterocycles. The quantitative estimate of drug-likeness (QED) is 0.527. The van der Waals surface area contributed by atoms with E-state index in [2.05, 4.69) is 20.9 Å². The van der Waals surface area contributed by atoms with Gasteiger partial charge in [0.25, 0.3) is 5.56 Å². The molecule has 0 amide bonds. The molecule has 1 unspecified atom stereocenters. The summed E-state index contributed by atoms with van der Waals surface area (Å²) in [6.45, 7) is 4.47. The molecule has 2 heterocycles. The van der Waals surface area contributed by atoms with Crippen LogP contribution in [-0.4, -0.2) is 42.3 Å². The zero-order chi connectivity index (χ0) is 20.9. The third kappa shape index (κ3) is 4.59. The molecule has 3 rings (SSSR count). The standard InChI is InChI=1S/C15H13BrN2O7S.C2H6/c16-10-8-24-7-6-18-13(10)17-11(15(20)21)12(14(18)19)25-26(22,23)9-4-2-1-3-5-9;1-2/h1-5,10H,6-8H2,(H,20,21);1-2H3. The second-order valence-corrected chi connectivity index (χ2v) is 7.95. The molecule has 0 saturated carbocycles. The van der Waals surface area contributed by atoms with Crippen molar-refractivity contribution in [3.05, 3.63) is 52.2 Å². The Morgan fingerprint density at radius 1 is 1.32 bits per heavy atom. The summed E-state index contributed by atoms with van der Waals surface area (Å²) >= 11 is 3.28. The second-order valence-electron chi connectivity index (χ2n) is 5.30. The van der Waals surface area contributed by atoms with Gasteiger partial charge in [0.05, 0.1) is 24.6 Å². The fourth-order valence-corrected chi connectivity index (χ4v) is 3.88. The molecule has 0 aliphatic carbocycles. The van der Waals surface area contributed by atoms with Gasteiger partial charge in [0.2, 0.25) is 5.75 Å². The van der Waals surface area contributed by atoms with Gasteiger partial charge >= 0.3 is 16.1 Å². The first-order valence-corrected chi connectivity index (χ1v) is 10.7. The highest BCUT2D eigenvalue weighted by molar-refractivity contribution is 9.09. The van der Waals surface area contributed by atoms with Gasteiger partial charge in [-0.2, -0.15) is 8.42 Å². The van der Waals surface area contributed by atoms with Crippen LogP contribution in [0.25, 0.3) is 0 Å². The molecule has 0 fully saturated rings. The Bertz CT molecular complexity index is 1010. The number of benzene rings is 1. The Balaban J connectivity index is 0.00000136. The Morgan fingerprint density at radius 3 is 2.57 bits per heavy atom. The molecule has 1 aromatic heterocycles. The van der Waals surface area contributed by atoms with Crippen molar-refractivity contribution in [2.45, 2.75) is 30.1 Å². The fourth-order valence-electron chi connectivity index (χ4n) is 2.39. The van der Waals surface area contributed by atoms with Crippen molar-refractivity contribution in [1.82, 2.24) is 9.55 Å². The summed E-state index contributed by atoms with van der Waals surface area (Å²) in [6.07, 6.45) is 0. The maximum Gasteiger partial charge on any atom is 0.358 e. The van der Waals surface area contributed by atoms with Gasteiger partial charge in [-0.3, -0.25) is 9.36 Å². The lowest BCUT2D eigenvalue weighted by Gasteiger charge is -2.15. The zero-order valence-corrected chi connectivity index (χ0v) is 17.6. The largest absolute Gasteiger partial charge is 0.476 e. The first-order valence-electron chi connectivity index (χ1n) is 8.40. The summed E-state index contributed by atoms with van der Waals surface area (Å²) in [4.78, 5) is 27.5. The minimum Gasteiger partial charge on any atom is -0.476 e. The van der Waals surface area contributed by atoms with Crippen molar-refractivity contribution < 1.29 is 27.2 Å². The van der Waals surface area contributed by atoms with Crippen molar-refractivity contribution in [2.75, 3.05) is 13.2 Å². The van der Waals surface area contributed by atoms with Gasteiger partial charge in [-0.15, -0.1) is 0 Å². The van der Waals surface area contributed by atoms with E-state index in [1.165, 1.54) is 24.3 Å². The number of alkyl halides is 1. The van der Waals surface area contributed by atoms with Gasteiger partial charge in [0.15, 0.2) is 5.69 Å². The van der Waals surface area contributed by atoms with E-state index in [0.717, 1.165) is 4.57 Å². The van der Waals surface area contributed by atoms with Crippen LogP contribution in [0, 0.1) is 0 Å². The van der Waals surface area contributed by atoms with E-state index in [-0.39, 0.29) is 30.5 Å². The lowest BCUT2D eigenvalue weighted by molar-refractivity contribution is 0.0687. The number of carboxylic acid groups (broad SMARTS) is 1. The number of aromatic nitrogens is 2. The number of fused-ring (bicyclic) bond motifs is 1. The van der Waals surface area contributed by atoms with E-state index in [4.69, 9.17) is 8.92 Å². The molecule has 0 bridgehead atoms. The normalized spacial score (nSPS) is 16.2. The average molecular weight is 475 g/mol. The molecule has 1 atom stereocenters. The van der Waals surface area contributed by atoms with Crippen LogP contribution >= 0.6 is 15.9 Å². The first-order chi connectivity index (χ1) is 13.3. The lowest BCUT2D eigenvalue weighted by Crippen LogP contribution is -2.31. The summed E-state index contributed by atoms with van der Waals surface area (Å²) in [5, 5.41) is 9.38. The molecular weight excluding hydrogens is 456 g/mol. The van der Waals surface area contributed by atoms with Crippen LogP contribution in [0.1, 0.15) is 35.0 Å². The highest BCUT2D eigenvalue weighted by atomic mass is 79.9. The summed E-state index contributed by atoms with van der Waals surface area (Å²) in [7, 11) is -4.40. The number of hydrogen-bond donors (Lipinski definition) is 1. The second kappa shape index (κ2) is 9.30. The molecular formula is C17H19BrN2O7S. The van der Waals surface area contributed by atoms with E-state index < -0.39 is 37.9 Å². The minimum absolute atomic E-state index is 0.0882. The molecule has 1 aliphatic rings. The maximum absolute atomic E-state index is 12.7. The number of hydrogen-bond acceptors (Lipinski definition) is 7. The molecule has 1 N–H and O–H groups in total. The first kappa shape index (κ1) is 22.1. The molecule has 11 heteroatoms. The van der Waals surface area contributed by atoms with Crippen molar-refractivity contribution in [1.29, 1.82) is 0 Å². The third-order valence-corrected chi connectivity index (χ3v) is 5.50. The summed E-state index contributed by atoms with van der Waals surface area (Å²) < 4.78 is 36.1. The number of halogens is 1.